The SMILES string of the molecule is Cc1ccc(SCc2cnc[nH]2)cc1. The molecule has 0 saturated heterocycles. The third kappa shape index (κ3) is 2.39. The highest BCUT2D eigenvalue weighted by Gasteiger charge is 1.96. The van der Waals surface area contributed by atoms with Gasteiger partial charge in [0, 0.05) is 22.5 Å². The molecule has 2 aromatic rings. The van der Waals surface area contributed by atoms with Crippen LogP contribution in [-0.4, -0.2) is 9.97 Å². The molecule has 0 radical (unpaired) electrons. The largest absolute Gasteiger partial charge is 0.348 e. The van der Waals surface area contributed by atoms with Gasteiger partial charge in [-0.15, -0.1) is 11.8 Å². The van der Waals surface area contributed by atoms with E-state index in [0.29, 0.717) is 0 Å². The number of benzene rings is 1. The first-order valence-electron chi connectivity index (χ1n) is 4.51. The maximum Gasteiger partial charge on any atom is 0.0921 e. The van der Waals surface area contributed by atoms with Crippen LogP contribution in [0.15, 0.2) is 41.7 Å². The van der Waals surface area contributed by atoms with Crippen molar-refractivity contribution in [3.8, 4) is 0 Å². The molecule has 0 aliphatic rings. The summed E-state index contributed by atoms with van der Waals surface area (Å²) in [4.78, 5) is 8.36. The quantitative estimate of drug-likeness (QED) is 0.778. The monoisotopic (exact) mass is 204 g/mol. The third-order valence-corrected chi connectivity index (χ3v) is 3.03. The Morgan fingerprint density at radius 1 is 1.29 bits per heavy atom. The van der Waals surface area contributed by atoms with Gasteiger partial charge < -0.3 is 4.98 Å². The number of aromatic amines is 1. The smallest absolute Gasteiger partial charge is 0.0921 e. The van der Waals surface area contributed by atoms with Crippen molar-refractivity contribution in [2.24, 2.45) is 0 Å². The molecule has 3 heteroatoms. The van der Waals surface area contributed by atoms with E-state index < -0.39 is 0 Å². The number of hydrogen-bond acceptors (Lipinski definition) is 2. The van der Waals surface area contributed by atoms with Crippen molar-refractivity contribution in [1.82, 2.24) is 9.97 Å². The minimum atomic E-state index is 0.947. The highest BCUT2D eigenvalue weighted by molar-refractivity contribution is 7.98. The molecule has 0 spiro atoms. The van der Waals surface area contributed by atoms with Crippen molar-refractivity contribution in [2.45, 2.75) is 17.6 Å². The number of aryl methyl sites for hydroxylation is 1. The molecule has 0 aliphatic heterocycles. The van der Waals surface area contributed by atoms with E-state index in [2.05, 4.69) is 41.2 Å². The van der Waals surface area contributed by atoms with Crippen LogP contribution >= 0.6 is 11.8 Å². The number of imidazole rings is 1. The number of H-pyrrole nitrogens is 1. The van der Waals surface area contributed by atoms with Gasteiger partial charge in [0.2, 0.25) is 0 Å². The molecule has 1 aromatic heterocycles. The lowest BCUT2D eigenvalue weighted by Crippen LogP contribution is -1.79. The van der Waals surface area contributed by atoms with E-state index in [9.17, 15) is 0 Å². The average Bonchev–Trinajstić information content (AvgIpc) is 2.70. The highest BCUT2D eigenvalue weighted by atomic mass is 32.2. The lowest BCUT2D eigenvalue weighted by molar-refractivity contribution is 1.22. The zero-order chi connectivity index (χ0) is 9.80. The average molecular weight is 204 g/mol. The normalized spacial score (nSPS) is 10.4. The summed E-state index contributed by atoms with van der Waals surface area (Å²) in [7, 11) is 0. The zero-order valence-electron chi connectivity index (χ0n) is 8.03. The molecule has 1 N–H and O–H groups in total. The van der Waals surface area contributed by atoms with E-state index in [-0.39, 0.29) is 0 Å². The van der Waals surface area contributed by atoms with Crippen LogP contribution in [0.25, 0.3) is 0 Å². The van der Waals surface area contributed by atoms with Gasteiger partial charge in [0.1, 0.15) is 0 Å². The summed E-state index contributed by atoms with van der Waals surface area (Å²) in [6.07, 6.45) is 3.58. The van der Waals surface area contributed by atoms with E-state index in [0.717, 1.165) is 11.4 Å². The van der Waals surface area contributed by atoms with Gasteiger partial charge in [0.25, 0.3) is 0 Å². The Morgan fingerprint density at radius 2 is 2.07 bits per heavy atom. The van der Waals surface area contributed by atoms with Crippen LogP contribution in [0.4, 0.5) is 0 Å². The molecule has 0 amide bonds. The van der Waals surface area contributed by atoms with Crippen LogP contribution in [0.2, 0.25) is 0 Å². The molecular formula is C11H12N2S. The summed E-state index contributed by atoms with van der Waals surface area (Å²) in [5, 5.41) is 0. The van der Waals surface area contributed by atoms with Crippen molar-refractivity contribution in [2.75, 3.05) is 0 Å². The number of thioether (sulfide) groups is 1. The Hall–Kier alpha value is -1.22. The molecule has 0 fully saturated rings. The fourth-order valence-electron chi connectivity index (χ4n) is 1.16. The summed E-state index contributed by atoms with van der Waals surface area (Å²) in [5.74, 6) is 0.947. The second-order valence-electron chi connectivity index (χ2n) is 3.18. The van der Waals surface area contributed by atoms with Crippen molar-refractivity contribution >= 4 is 11.8 Å². The molecule has 0 saturated carbocycles. The van der Waals surface area contributed by atoms with Crippen LogP contribution in [-0.2, 0) is 5.75 Å². The van der Waals surface area contributed by atoms with Crippen LogP contribution in [0.1, 0.15) is 11.3 Å². The summed E-state index contributed by atoms with van der Waals surface area (Å²) < 4.78 is 0. The van der Waals surface area contributed by atoms with Gasteiger partial charge in [-0.3, -0.25) is 0 Å². The van der Waals surface area contributed by atoms with Crippen LogP contribution < -0.4 is 0 Å². The fraction of sp³-hybridized carbons (Fsp3) is 0.182. The first-order valence-corrected chi connectivity index (χ1v) is 5.50. The first kappa shape index (κ1) is 9.34. The second kappa shape index (κ2) is 4.33. The number of nitrogens with one attached hydrogen (secondary N) is 1. The second-order valence-corrected chi connectivity index (χ2v) is 4.23. The van der Waals surface area contributed by atoms with Crippen LogP contribution in [0.5, 0.6) is 0 Å². The summed E-state index contributed by atoms with van der Waals surface area (Å²) in [6.45, 7) is 2.10. The number of rotatable bonds is 3. The number of nitrogens with zero attached hydrogens (tertiary/aromatic N) is 1. The molecule has 2 nitrogen and oxygen atoms in total. The maximum absolute atomic E-state index is 3.98. The number of hydrogen-bond donors (Lipinski definition) is 1. The molecule has 72 valence electrons. The van der Waals surface area contributed by atoms with Gasteiger partial charge >= 0.3 is 0 Å². The molecular weight excluding hydrogens is 192 g/mol. The summed E-state index contributed by atoms with van der Waals surface area (Å²) in [6, 6.07) is 8.57. The standard InChI is InChI=1S/C11H12N2S/c1-9-2-4-11(5-3-9)14-7-10-6-12-8-13-10/h2-6,8H,7H2,1H3,(H,12,13). The Kier molecular flexibility index (Phi) is 2.89. The summed E-state index contributed by atoms with van der Waals surface area (Å²) >= 11 is 1.82. The van der Waals surface area contributed by atoms with E-state index >= 15 is 0 Å². The van der Waals surface area contributed by atoms with Crippen LogP contribution in [0, 0.1) is 6.92 Å². The minimum absolute atomic E-state index is 0.947. The Bertz CT molecular complexity index is 378. The molecule has 0 aliphatic carbocycles. The fourth-order valence-corrected chi connectivity index (χ4v) is 1.97. The first-order chi connectivity index (χ1) is 6.84. The summed E-state index contributed by atoms with van der Waals surface area (Å²) in [5.41, 5.74) is 2.46. The molecule has 0 bridgehead atoms. The zero-order valence-corrected chi connectivity index (χ0v) is 8.84. The minimum Gasteiger partial charge on any atom is -0.348 e. The van der Waals surface area contributed by atoms with E-state index in [4.69, 9.17) is 0 Å². The van der Waals surface area contributed by atoms with Crippen molar-refractivity contribution in [3.05, 3.63) is 48.0 Å². The predicted molar refractivity (Wildman–Crippen MR) is 59.3 cm³/mol. The topological polar surface area (TPSA) is 28.7 Å². The van der Waals surface area contributed by atoms with Crippen molar-refractivity contribution < 1.29 is 0 Å². The van der Waals surface area contributed by atoms with Gasteiger partial charge in [-0.1, -0.05) is 17.7 Å². The van der Waals surface area contributed by atoms with Gasteiger partial charge in [-0.05, 0) is 19.1 Å². The Balaban J connectivity index is 1.95. The molecule has 14 heavy (non-hydrogen) atoms. The van der Waals surface area contributed by atoms with Gasteiger partial charge in [-0.25, -0.2) is 4.98 Å². The maximum atomic E-state index is 3.98. The predicted octanol–water partition coefficient (Wildman–Crippen LogP) is 3.01. The third-order valence-electron chi connectivity index (χ3n) is 1.97. The Labute approximate surface area is 87.8 Å². The van der Waals surface area contributed by atoms with Gasteiger partial charge in [0.15, 0.2) is 0 Å². The van der Waals surface area contributed by atoms with Crippen molar-refractivity contribution in [1.29, 1.82) is 0 Å². The molecule has 0 unspecified atom stereocenters. The van der Waals surface area contributed by atoms with Crippen molar-refractivity contribution in [3.63, 3.8) is 0 Å². The Morgan fingerprint density at radius 3 is 2.71 bits per heavy atom. The van der Waals surface area contributed by atoms with E-state index in [1.54, 1.807) is 6.33 Å². The lowest BCUT2D eigenvalue weighted by Gasteiger charge is -1.99. The van der Waals surface area contributed by atoms with E-state index in [1.807, 2.05) is 18.0 Å². The van der Waals surface area contributed by atoms with E-state index in [1.165, 1.54) is 10.5 Å². The van der Waals surface area contributed by atoms with Crippen LogP contribution in [0.3, 0.4) is 0 Å². The van der Waals surface area contributed by atoms with Gasteiger partial charge in [0.05, 0.1) is 6.33 Å². The molecule has 0 atom stereocenters. The lowest BCUT2D eigenvalue weighted by atomic mass is 10.2. The molecule has 1 aromatic carbocycles. The molecule has 2 rings (SSSR count). The van der Waals surface area contributed by atoms with Gasteiger partial charge in [-0.2, -0.15) is 0 Å². The number of aromatic nitrogens is 2. The highest BCUT2D eigenvalue weighted by Crippen LogP contribution is 2.21. The molecule has 1 heterocycles.